The normalized spacial score (nSPS) is 19.1. The molecule has 214 valence electrons. The third kappa shape index (κ3) is 8.99. The molecule has 3 aromatic carbocycles. The van der Waals surface area contributed by atoms with E-state index < -0.39 is 36.6 Å². The number of halogens is 3. The summed E-state index contributed by atoms with van der Waals surface area (Å²) in [5.41, 5.74) is 10.7. The van der Waals surface area contributed by atoms with Gasteiger partial charge in [0.2, 0.25) is 6.29 Å². The van der Waals surface area contributed by atoms with Crippen molar-refractivity contribution in [3.63, 3.8) is 0 Å². The Labute approximate surface area is 234 Å². The van der Waals surface area contributed by atoms with E-state index in [9.17, 15) is 18.0 Å². The minimum Gasteiger partial charge on any atom is -0.445 e. The Morgan fingerprint density at radius 1 is 0.951 bits per heavy atom. The lowest BCUT2D eigenvalue weighted by molar-refractivity contribution is -0.184. The number of azide groups is 1. The number of benzene rings is 3. The zero-order chi connectivity index (χ0) is 29.1. The Morgan fingerprint density at radius 2 is 1.56 bits per heavy atom. The van der Waals surface area contributed by atoms with Crippen LogP contribution in [-0.2, 0) is 27.4 Å². The van der Waals surface area contributed by atoms with Crippen LogP contribution in [-0.4, -0.2) is 48.0 Å². The highest BCUT2D eigenvalue weighted by Gasteiger charge is 2.43. The number of rotatable bonds is 9. The highest BCUT2D eigenvalue weighted by molar-refractivity contribution is 5.84. The molecule has 0 aliphatic carbocycles. The molecule has 12 heteroatoms. The molecule has 0 bridgehead atoms. The van der Waals surface area contributed by atoms with Gasteiger partial charge in [0, 0.05) is 11.5 Å². The van der Waals surface area contributed by atoms with Crippen LogP contribution in [0.5, 0.6) is 0 Å². The largest absolute Gasteiger partial charge is 0.468 e. The van der Waals surface area contributed by atoms with Crippen molar-refractivity contribution >= 4 is 17.7 Å². The molecular weight excluding hydrogens is 539 g/mol. The van der Waals surface area contributed by atoms with E-state index in [0.717, 1.165) is 11.1 Å². The van der Waals surface area contributed by atoms with Crippen LogP contribution in [0.3, 0.4) is 0 Å². The van der Waals surface area contributed by atoms with Gasteiger partial charge in [-0.25, -0.2) is 9.79 Å². The van der Waals surface area contributed by atoms with Crippen molar-refractivity contribution in [2.75, 3.05) is 6.54 Å². The van der Waals surface area contributed by atoms with E-state index in [0.29, 0.717) is 6.42 Å². The SMILES string of the molecule is [N-]=[N+]=N[C@@H]1CC[C@@H](CN(Cc2ccccc2)C(=O)OCc2ccccc2)OC1OC(=Nc1ccccc1)C(F)(F)F. The monoisotopic (exact) mass is 567 g/mol. The van der Waals surface area contributed by atoms with E-state index in [4.69, 9.17) is 19.7 Å². The van der Waals surface area contributed by atoms with Crippen molar-refractivity contribution in [2.45, 2.75) is 50.6 Å². The van der Waals surface area contributed by atoms with Gasteiger partial charge in [0.15, 0.2) is 0 Å². The zero-order valence-electron chi connectivity index (χ0n) is 21.9. The molecule has 1 aliphatic rings. The summed E-state index contributed by atoms with van der Waals surface area (Å²) in [5.74, 6) is -1.53. The van der Waals surface area contributed by atoms with Crippen LogP contribution < -0.4 is 0 Å². The summed E-state index contributed by atoms with van der Waals surface area (Å²) in [4.78, 5) is 20.9. The molecule has 0 radical (unpaired) electrons. The zero-order valence-corrected chi connectivity index (χ0v) is 21.9. The summed E-state index contributed by atoms with van der Waals surface area (Å²) < 4.78 is 58.2. The molecule has 0 spiro atoms. The van der Waals surface area contributed by atoms with Crippen molar-refractivity contribution in [1.82, 2.24) is 4.90 Å². The second-order valence-corrected chi connectivity index (χ2v) is 9.25. The van der Waals surface area contributed by atoms with Gasteiger partial charge in [-0.15, -0.1) is 0 Å². The minimum absolute atomic E-state index is 0.00252. The fourth-order valence-corrected chi connectivity index (χ4v) is 4.21. The van der Waals surface area contributed by atoms with E-state index in [2.05, 4.69) is 15.0 Å². The Morgan fingerprint density at radius 3 is 2.17 bits per heavy atom. The number of hydrogen-bond acceptors (Lipinski definition) is 6. The van der Waals surface area contributed by atoms with Gasteiger partial charge in [-0.3, -0.25) is 0 Å². The van der Waals surface area contributed by atoms with Crippen molar-refractivity contribution in [1.29, 1.82) is 0 Å². The average Bonchev–Trinajstić information content (AvgIpc) is 2.98. The lowest BCUT2D eigenvalue weighted by Crippen LogP contribution is -2.47. The Balaban J connectivity index is 1.51. The van der Waals surface area contributed by atoms with Gasteiger partial charge in [-0.1, -0.05) is 84.0 Å². The summed E-state index contributed by atoms with van der Waals surface area (Å²) in [5, 5.41) is 3.59. The number of carbonyl (C=O) groups is 1. The van der Waals surface area contributed by atoms with Gasteiger partial charge in [-0.2, -0.15) is 13.2 Å². The highest BCUT2D eigenvalue weighted by atomic mass is 19.4. The molecule has 9 nitrogen and oxygen atoms in total. The fourth-order valence-electron chi connectivity index (χ4n) is 4.21. The van der Waals surface area contributed by atoms with E-state index >= 15 is 0 Å². The van der Waals surface area contributed by atoms with Crippen LogP contribution in [0.25, 0.3) is 10.4 Å². The fraction of sp³-hybridized carbons (Fsp3) is 0.310. The van der Waals surface area contributed by atoms with Crippen molar-refractivity contribution < 1.29 is 32.2 Å². The number of alkyl halides is 3. The smallest absolute Gasteiger partial charge is 0.445 e. The molecule has 3 atom stereocenters. The van der Waals surface area contributed by atoms with E-state index in [1.165, 1.54) is 17.0 Å². The quantitative estimate of drug-likeness (QED) is 0.0887. The van der Waals surface area contributed by atoms with Crippen LogP contribution in [0.4, 0.5) is 23.7 Å². The van der Waals surface area contributed by atoms with Gasteiger partial charge >= 0.3 is 12.3 Å². The summed E-state index contributed by atoms with van der Waals surface area (Å²) in [6.45, 7) is 0.234. The number of nitrogens with zero attached hydrogens (tertiary/aromatic N) is 5. The molecule has 0 saturated carbocycles. The predicted molar refractivity (Wildman–Crippen MR) is 145 cm³/mol. The summed E-state index contributed by atoms with van der Waals surface area (Å²) >= 11 is 0. The van der Waals surface area contributed by atoms with Gasteiger partial charge in [0.1, 0.15) is 6.61 Å². The maximum atomic E-state index is 13.9. The molecular formula is C29H28F3N5O4. The van der Waals surface area contributed by atoms with Gasteiger partial charge < -0.3 is 19.1 Å². The maximum absolute atomic E-state index is 13.9. The average molecular weight is 568 g/mol. The number of hydrogen-bond donors (Lipinski definition) is 0. The number of carbonyl (C=O) groups excluding carboxylic acids is 1. The van der Waals surface area contributed by atoms with Crippen LogP contribution in [0.2, 0.25) is 0 Å². The third-order valence-corrected chi connectivity index (χ3v) is 6.19. The number of ether oxygens (including phenoxy) is 3. The lowest BCUT2D eigenvalue weighted by Gasteiger charge is -2.36. The number of amides is 1. The van der Waals surface area contributed by atoms with E-state index in [1.54, 1.807) is 18.2 Å². The van der Waals surface area contributed by atoms with Crippen LogP contribution in [0.15, 0.2) is 101 Å². The van der Waals surface area contributed by atoms with E-state index in [1.807, 2.05) is 60.7 Å². The molecule has 1 aliphatic heterocycles. The summed E-state index contributed by atoms with van der Waals surface area (Å²) in [7, 11) is 0. The van der Waals surface area contributed by atoms with Crippen molar-refractivity contribution in [2.24, 2.45) is 10.1 Å². The first-order valence-corrected chi connectivity index (χ1v) is 12.9. The van der Waals surface area contributed by atoms with Gasteiger partial charge in [-0.05, 0) is 41.6 Å². The van der Waals surface area contributed by atoms with E-state index in [-0.39, 0.29) is 31.8 Å². The number of para-hydroxylation sites is 1. The standard InChI is InChI=1S/C29H28F3N5O4/c30-29(31,32)27(34-23-14-8-3-9-15-23)41-26-25(35-36-33)17-16-24(40-26)19-37(18-21-10-4-1-5-11-21)28(38)39-20-22-12-6-2-7-13-22/h1-15,24-26H,16-20H2/t24-,25+,26?/m0/s1. The molecule has 4 rings (SSSR count). The topological polar surface area (TPSA) is 109 Å². The molecule has 1 fully saturated rings. The molecule has 1 amide bonds. The Hall–Kier alpha value is -4.54. The Kier molecular flexibility index (Phi) is 10.2. The lowest BCUT2D eigenvalue weighted by atomic mass is 10.0. The summed E-state index contributed by atoms with van der Waals surface area (Å²) in [6, 6.07) is 24.9. The second-order valence-electron chi connectivity index (χ2n) is 9.25. The predicted octanol–water partition coefficient (Wildman–Crippen LogP) is 7.32. The van der Waals surface area contributed by atoms with Crippen LogP contribution >= 0.6 is 0 Å². The molecule has 0 aromatic heterocycles. The maximum Gasteiger partial charge on any atom is 0.468 e. The molecule has 0 N–H and O–H groups in total. The molecule has 1 heterocycles. The second kappa shape index (κ2) is 14.2. The molecule has 41 heavy (non-hydrogen) atoms. The van der Waals surface area contributed by atoms with Crippen LogP contribution in [0, 0.1) is 0 Å². The first-order chi connectivity index (χ1) is 19.8. The molecule has 1 unspecified atom stereocenters. The third-order valence-electron chi connectivity index (χ3n) is 6.19. The first-order valence-electron chi connectivity index (χ1n) is 12.9. The molecule has 3 aromatic rings. The first kappa shape index (κ1) is 29.4. The summed E-state index contributed by atoms with van der Waals surface area (Å²) in [6.07, 6.45) is -7.38. The van der Waals surface area contributed by atoms with Gasteiger partial charge in [0.05, 0.1) is 24.4 Å². The highest BCUT2D eigenvalue weighted by Crippen LogP contribution is 2.29. The number of aliphatic imine (C=N–C) groups is 1. The van der Waals surface area contributed by atoms with Gasteiger partial charge in [0.25, 0.3) is 5.90 Å². The molecule has 1 saturated heterocycles. The van der Waals surface area contributed by atoms with Crippen molar-refractivity contribution in [3.8, 4) is 0 Å². The van der Waals surface area contributed by atoms with Crippen LogP contribution in [0.1, 0.15) is 24.0 Å². The van der Waals surface area contributed by atoms with Crippen molar-refractivity contribution in [3.05, 3.63) is 113 Å². The minimum atomic E-state index is -4.94. The Bertz CT molecular complexity index is 1340.